The molecule has 1 rings (SSSR count). The molecule has 2 amide bonds. The maximum absolute atomic E-state index is 13.9. The summed E-state index contributed by atoms with van der Waals surface area (Å²) in [6, 6.07) is 3.36. The molecule has 0 heterocycles. The van der Waals surface area contributed by atoms with Gasteiger partial charge in [-0.05, 0) is 17.7 Å². The number of aliphatic carboxylic acids is 1. The zero-order valence-corrected chi connectivity index (χ0v) is 13.1. The van der Waals surface area contributed by atoms with Gasteiger partial charge in [0, 0.05) is 19.3 Å². The monoisotopic (exact) mass is 326 g/mol. The van der Waals surface area contributed by atoms with E-state index >= 15 is 0 Å². The molecule has 23 heavy (non-hydrogen) atoms. The number of amides is 2. The van der Waals surface area contributed by atoms with Gasteiger partial charge in [-0.3, -0.25) is 9.59 Å². The molecule has 7 nitrogen and oxygen atoms in total. The number of nitrogens with one attached hydrogen (secondary N) is 1. The standard InChI is InChI=1S/C15H19FN2O5/c1-9(14(20)21)8-18(2)15(22)17-11-5-4-10(12(16)7-11)6-13(19)23-3/h4-5,7,9H,6,8H2,1-3H3,(H,17,22)(H,20,21). The van der Waals surface area contributed by atoms with E-state index in [1.54, 1.807) is 0 Å². The van der Waals surface area contributed by atoms with Crippen LogP contribution in [0.5, 0.6) is 0 Å². The minimum atomic E-state index is -1.01. The van der Waals surface area contributed by atoms with E-state index in [2.05, 4.69) is 10.1 Å². The van der Waals surface area contributed by atoms with Gasteiger partial charge < -0.3 is 20.1 Å². The smallest absolute Gasteiger partial charge is 0.321 e. The predicted molar refractivity (Wildman–Crippen MR) is 80.6 cm³/mol. The minimum Gasteiger partial charge on any atom is -0.481 e. The fraction of sp³-hybridized carbons (Fsp3) is 0.400. The van der Waals surface area contributed by atoms with Crippen molar-refractivity contribution in [3.63, 3.8) is 0 Å². The third kappa shape index (κ3) is 5.57. The Morgan fingerprint density at radius 2 is 2.04 bits per heavy atom. The highest BCUT2D eigenvalue weighted by Crippen LogP contribution is 2.16. The van der Waals surface area contributed by atoms with Crippen LogP contribution in [-0.4, -0.2) is 48.7 Å². The summed E-state index contributed by atoms with van der Waals surface area (Å²) in [6.07, 6.45) is -0.202. The van der Waals surface area contributed by atoms with Crippen molar-refractivity contribution >= 4 is 23.7 Å². The van der Waals surface area contributed by atoms with Crippen LogP contribution in [0.4, 0.5) is 14.9 Å². The number of urea groups is 1. The zero-order chi connectivity index (χ0) is 17.6. The number of esters is 1. The Labute approximate surface area is 133 Å². The molecule has 0 fully saturated rings. The van der Waals surface area contributed by atoms with Gasteiger partial charge in [-0.2, -0.15) is 0 Å². The lowest BCUT2D eigenvalue weighted by atomic mass is 10.1. The molecular weight excluding hydrogens is 307 g/mol. The number of nitrogens with zero attached hydrogens (tertiary/aromatic N) is 1. The SMILES string of the molecule is COC(=O)Cc1ccc(NC(=O)N(C)CC(C)C(=O)O)cc1F. The van der Waals surface area contributed by atoms with E-state index in [4.69, 9.17) is 5.11 Å². The first-order valence-corrected chi connectivity index (χ1v) is 6.84. The maximum Gasteiger partial charge on any atom is 0.321 e. The van der Waals surface area contributed by atoms with E-state index in [1.807, 2.05) is 0 Å². The van der Waals surface area contributed by atoms with Gasteiger partial charge in [0.2, 0.25) is 0 Å². The van der Waals surface area contributed by atoms with E-state index in [1.165, 1.54) is 38.1 Å². The predicted octanol–water partition coefficient (Wildman–Crippen LogP) is 1.73. The average Bonchev–Trinajstić information content (AvgIpc) is 2.49. The van der Waals surface area contributed by atoms with Crippen molar-refractivity contribution < 1.29 is 28.6 Å². The number of anilines is 1. The molecular formula is C15H19FN2O5. The van der Waals surface area contributed by atoms with Crippen molar-refractivity contribution in [2.45, 2.75) is 13.3 Å². The lowest BCUT2D eigenvalue weighted by molar-refractivity contribution is -0.141. The van der Waals surface area contributed by atoms with Crippen molar-refractivity contribution in [1.82, 2.24) is 4.90 Å². The number of carbonyl (C=O) groups is 3. The van der Waals surface area contributed by atoms with Gasteiger partial charge in [0.1, 0.15) is 5.82 Å². The van der Waals surface area contributed by atoms with Gasteiger partial charge in [0.25, 0.3) is 0 Å². The summed E-state index contributed by atoms with van der Waals surface area (Å²) in [4.78, 5) is 35.0. The number of carboxylic acid groups (broad SMARTS) is 1. The third-order valence-corrected chi connectivity index (χ3v) is 3.18. The molecule has 0 aromatic heterocycles. The third-order valence-electron chi connectivity index (χ3n) is 3.18. The van der Waals surface area contributed by atoms with E-state index < -0.39 is 29.7 Å². The second-order valence-electron chi connectivity index (χ2n) is 5.11. The van der Waals surface area contributed by atoms with Crippen LogP contribution >= 0.6 is 0 Å². The molecule has 2 N–H and O–H groups in total. The first-order valence-electron chi connectivity index (χ1n) is 6.84. The van der Waals surface area contributed by atoms with E-state index in [-0.39, 0.29) is 24.2 Å². The highest BCUT2D eigenvalue weighted by Gasteiger charge is 2.18. The fourth-order valence-corrected chi connectivity index (χ4v) is 1.79. The van der Waals surface area contributed by atoms with Crippen LogP contribution in [0.2, 0.25) is 0 Å². The molecule has 1 atom stereocenters. The summed E-state index contributed by atoms with van der Waals surface area (Å²) in [6.45, 7) is 1.50. The first-order chi connectivity index (χ1) is 10.7. The first kappa shape index (κ1) is 18.4. The number of halogens is 1. The second kappa shape index (κ2) is 8.11. The fourth-order valence-electron chi connectivity index (χ4n) is 1.79. The van der Waals surface area contributed by atoms with Gasteiger partial charge in [0.15, 0.2) is 0 Å². The lowest BCUT2D eigenvalue weighted by Crippen LogP contribution is -2.36. The number of ether oxygens (including phenoxy) is 1. The summed E-state index contributed by atoms with van der Waals surface area (Å²) < 4.78 is 18.3. The Balaban J connectivity index is 2.70. The van der Waals surface area contributed by atoms with Crippen molar-refractivity contribution in [3.8, 4) is 0 Å². The summed E-state index contributed by atoms with van der Waals surface area (Å²) in [7, 11) is 2.65. The van der Waals surface area contributed by atoms with Crippen molar-refractivity contribution in [2.24, 2.45) is 5.92 Å². The number of hydrogen-bond acceptors (Lipinski definition) is 4. The molecule has 0 bridgehead atoms. The summed E-state index contributed by atoms with van der Waals surface area (Å²) in [5.74, 6) is -2.94. The molecule has 8 heteroatoms. The van der Waals surface area contributed by atoms with Crippen molar-refractivity contribution in [2.75, 3.05) is 26.0 Å². The van der Waals surface area contributed by atoms with Crippen LogP contribution in [0.1, 0.15) is 12.5 Å². The molecule has 0 radical (unpaired) electrons. The van der Waals surface area contributed by atoms with Gasteiger partial charge in [-0.15, -0.1) is 0 Å². The molecule has 0 saturated heterocycles. The molecule has 1 aromatic carbocycles. The average molecular weight is 326 g/mol. The Bertz CT molecular complexity index is 606. The molecule has 1 aromatic rings. The number of methoxy groups -OCH3 is 1. The molecule has 0 aliphatic heterocycles. The Hall–Kier alpha value is -2.64. The van der Waals surface area contributed by atoms with Gasteiger partial charge in [-0.1, -0.05) is 13.0 Å². The van der Waals surface area contributed by atoms with Crippen LogP contribution in [0.25, 0.3) is 0 Å². The number of rotatable bonds is 6. The molecule has 0 aliphatic rings. The molecule has 0 spiro atoms. The van der Waals surface area contributed by atoms with Gasteiger partial charge >= 0.3 is 18.0 Å². The summed E-state index contributed by atoms with van der Waals surface area (Å²) in [5.41, 5.74) is 0.360. The number of carbonyl (C=O) groups excluding carboxylic acids is 2. The van der Waals surface area contributed by atoms with Crippen molar-refractivity contribution in [1.29, 1.82) is 0 Å². The quantitative estimate of drug-likeness (QED) is 0.776. The number of benzene rings is 1. The van der Waals surface area contributed by atoms with Gasteiger partial charge in [-0.25, -0.2) is 9.18 Å². The van der Waals surface area contributed by atoms with Crippen LogP contribution in [0, 0.1) is 11.7 Å². The normalized spacial score (nSPS) is 11.5. The van der Waals surface area contributed by atoms with Crippen LogP contribution in [0.15, 0.2) is 18.2 Å². The summed E-state index contributed by atoms with van der Waals surface area (Å²) >= 11 is 0. The largest absolute Gasteiger partial charge is 0.481 e. The molecule has 1 unspecified atom stereocenters. The Kier molecular flexibility index (Phi) is 6.49. The van der Waals surface area contributed by atoms with Crippen molar-refractivity contribution in [3.05, 3.63) is 29.6 Å². The second-order valence-corrected chi connectivity index (χ2v) is 5.11. The summed E-state index contributed by atoms with van der Waals surface area (Å²) in [5, 5.41) is 11.3. The zero-order valence-electron chi connectivity index (χ0n) is 13.1. The Morgan fingerprint density at radius 3 is 2.57 bits per heavy atom. The Morgan fingerprint density at radius 1 is 1.39 bits per heavy atom. The van der Waals surface area contributed by atoms with Crippen LogP contribution < -0.4 is 5.32 Å². The minimum absolute atomic E-state index is 0.0179. The van der Waals surface area contributed by atoms with Gasteiger partial charge in [0.05, 0.1) is 19.4 Å². The maximum atomic E-state index is 13.9. The van der Waals surface area contributed by atoms with Crippen LogP contribution in [0.3, 0.4) is 0 Å². The topological polar surface area (TPSA) is 95.9 Å². The highest BCUT2D eigenvalue weighted by molar-refractivity contribution is 5.89. The number of hydrogen-bond donors (Lipinski definition) is 2. The van der Waals surface area contributed by atoms with E-state index in [0.717, 1.165) is 6.07 Å². The van der Waals surface area contributed by atoms with Crippen LogP contribution in [-0.2, 0) is 20.7 Å². The molecule has 0 saturated carbocycles. The lowest BCUT2D eigenvalue weighted by Gasteiger charge is -2.20. The molecule has 0 aliphatic carbocycles. The van der Waals surface area contributed by atoms with E-state index in [9.17, 15) is 18.8 Å². The highest BCUT2D eigenvalue weighted by atomic mass is 19.1. The van der Waals surface area contributed by atoms with E-state index in [0.29, 0.717) is 0 Å². The number of carboxylic acids is 1. The molecule has 126 valence electrons.